The van der Waals surface area contributed by atoms with Gasteiger partial charge in [-0.1, -0.05) is 38.5 Å². The third-order valence-electron chi connectivity index (χ3n) is 4.07. The molecule has 0 amide bonds. The standard InChI is InChI=1S/C15H22ClN3O/c1-20-14-12(13(10-17)18-15(16)19-14)9-5-4-8-11-6-2-3-7-11/h10-11,17H,2-9H2,1H3. The highest BCUT2D eigenvalue weighted by atomic mass is 35.5. The monoisotopic (exact) mass is 295 g/mol. The van der Waals surface area contributed by atoms with Gasteiger partial charge >= 0.3 is 0 Å². The van der Waals surface area contributed by atoms with E-state index in [-0.39, 0.29) is 5.28 Å². The summed E-state index contributed by atoms with van der Waals surface area (Å²) in [5.41, 5.74) is 1.47. The Labute approximate surface area is 125 Å². The lowest BCUT2D eigenvalue weighted by molar-refractivity contribution is 0.389. The number of aromatic nitrogens is 2. The average molecular weight is 296 g/mol. The van der Waals surface area contributed by atoms with Crippen LogP contribution in [0.1, 0.15) is 56.2 Å². The van der Waals surface area contributed by atoms with Gasteiger partial charge in [-0.2, -0.15) is 4.98 Å². The number of ether oxygens (including phenoxy) is 1. The second kappa shape index (κ2) is 7.58. The fourth-order valence-electron chi connectivity index (χ4n) is 3.01. The van der Waals surface area contributed by atoms with Crippen molar-refractivity contribution in [2.45, 2.75) is 51.4 Å². The predicted octanol–water partition coefficient (Wildman–Crippen LogP) is 4.04. The van der Waals surface area contributed by atoms with Crippen molar-refractivity contribution in [1.82, 2.24) is 9.97 Å². The fraction of sp³-hybridized carbons (Fsp3) is 0.667. The number of hydrogen-bond donors (Lipinski definition) is 1. The summed E-state index contributed by atoms with van der Waals surface area (Å²) in [6, 6.07) is 0. The Kier molecular flexibility index (Phi) is 5.77. The van der Waals surface area contributed by atoms with Crippen molar-refractivity contribution in [2.24, 2.45) is 5.92 Å². The van der Waals surface area contributed by atoms with E-state index < -0.39 is 0 Å². The van der Waals surface area contributed by atoms with E-state index in [0.29, 0.717) is 11.6 Å². The highest BCUT2D eigenvalue weighted by molar-refractivity contribution is 6.28. The van der Waals surface area contributed by atoms with E-state index in [9.17, 15) is 0 Å². The topological polar surface area (TPSA) is 58.9 Å². The van der Waals surface area contributed by atoms with Crippen LogP contribution in [-0.2, 0) is 6.42 Å². The minimum absolute atomic E-state index is 0.134. The lowest BCUT2D eigenvalue weighted by Crippen LogP contribution is -2.04. The summed E-state index contributed by atoms with van der Waals surface area (Å²) >= 11 is 5.82. The Morgan fingerprint density at radius 2 is 2.05 bits per heavy atom. The largest absolute Gasteiger partial charge is 0.481 e. The minimum atomic E-state index is 0.134. The molecule has 0 spiro atoms. The molecule has 1 aromatic heterocycles. The quantitative estimate of drug-likeness (QED) is 0.469. The Morgan fingerprint density at radius 1 is 1.30 bits per heavy atom. The molecule has 0 unspecified atom stereocenters. The average Bonchev–Trinajstić information content (AvgIpc) is 2.97. The van der Waals surface area contributed by atoms with Gasteiger partial charge < -0.3 is 10.1 Å². The molecule has 1 saturated carbocycles. The molecule has 1 aromatic rings. The van der Waals surface area contributed by atoms with E-state index >= 15 is 0 Å². The van der Waals surface area contributed by atoms with Crippen molar-refractivity contribution in [3.8, 4) is 5.88 Å². The number of nitrogens with zero attached hydrogens (tertiary/aromatic N) is 2. The lowest BCUT2D eigenvalue weighted by Gasteiger charge is -2.11. The highest BCUT2D eigenvalue weighted by Crippen LogP contribution is 2.29. The van der Waals surface area contributed by atoms with Crippen LogP contribution in [0, 0.1) is 11.3 Å². The maximum Gasteiger partial charge on any atom is 0.226 e. The van der Waals surface area contributed by atoms with Crippen LogP contribution in [-0.4, -0.2) is 23.3 Å². The molecule has 5 heteroatoms. The molecule has 110 valence electrons. The number of halogens is 1. The molecular formula is C15H22ClN3O. The first-order valence-electron chi connectivity index (χ1n) is 7.35. The summed E-state index contributed by atoms with van der Waals surface area (Å²) in [7, 11) is 1.58. The molecule has 1 heterocycles. The number of methoxy groups -OCH3 is 1. The molecule has 1 fully saturated rings. The summed E-state index contributed by atoms with van der Waals surface area (Å²) in [6.07, 6.45) is 11.3. The van der Waals surface area contributed by atoms with Gasteiger partial charge in [0.15, 0.2) is 0 Å². The maximum atomic E-state index is 7.44. The normalized spacial score (nSPS) is 15.5. The van der Waals surface area contributed by atoms with Gasteiger partial charge in [-0.15, -0.1) is 0 Å². The van der Waals surface area contributed by atoms with Crippen LogP contribution < -0.4 is 4.74 Å². The van der Waals surface area contributed by atoms with E-state index in [2.05, 4.69) is 9.97 Å². The van der Waals surface area contributed by atoms with Gasteiger partial charge in [0.05, 0.1) is 12.8 Å². The van der Waals surface area contributed by atoms with Crippen LogP contribution in [0.4, 0.5) is 0 Å². The Hall–Kier alpha value is -1.16. The molecule has 2 rings (SSSR count). The third-order valence-corrected chi connectivity index (χ3v) is 4.24. The van der Waals surface area contributed by atoms with Gasteiger partial charge in [-0.25, -0.2) is 4.98 Å². The van der Waals surface area contributed by atoms with Crippen molar-refractivity contribution >= 4 is 17.8 Å². The van der Waals surface area contributed by atoms with Crippen LogP contribution in [0.25, 0.3) is 0 Å². The third kappa shape index (κ3) is 3.92. The lowest BCUT2D eigenvalue weighted by atomic mass is 9.98. The number of nitrogens with one attached hydrogen (secondary N) is 1. The van der Waals surface area contributed by atoms with Crippen molar-refractivity contribution in [3.63, 3.8) is 0 Å². The van der Waals surface area contributed by atoms with Gasteiger partial charge in [0, 0.05) is 11.8 Å². The Bertz CT molecular complexity index is 459. The summed E-state index contributed by atoms with van der Waals surface area (Å²) in [4.78, 5) is 8.17. The summed E-state index contributed by atoms with van der Waals surface area (Å²) in [5.74, 6) is 1.44. The first-order chi connectivity index (χ1) is 9.74. The Balaban J connectivity index is 1.92. The highest BCUT2D eigenvalue weighted by Gasteiger charge is 2.16. The number of unbranched alkanes of at least 4 members (excludes halogenated alkanes) is 1. The van der Waals surface area contributed by atoms with Crippen LogP contribution in [0.15, 0.2) is 0 Å². The van der Waals surface area contributed by atoms with Crippen LogP contribution in [0.3, 0.4) is 0 Å². The minimum Gasteiger partial charge on any atom is -0.481 e. The number of hydrogen-bond acceptors (Lipinski definition) is 4. The summed E-state index contributed by atoms with van der Waals surface area (Å²) in [6.45, 7) is 0. The van der Waals surface area contributed by atoms with Crippen LogP contribution in [0.2, 0.25) is 5.28 Å². The first-order valence-corrected chi connectivity index (χ1v) is 7.73. The first kappa shape index (κ1) is 15.2. The molecule has 1 aliphatic rings. The van der Waals surface area contributed by atoms with Crippen molar-refractivity contribution in [3.05, 3.63) is 16.5 Å². The summed E-state index contributed by atoms with van der Waals surface area (Å²) in [5, 5.41) is 7.57. The SMILES string of the molecule is COc1nc(Cl)nc(C=N)c1CCCCC1CCCC1. The molecule has 0 aliphatic heterocycles. The molecule has 0 saturated heterocycles. The molecule has 1 aliphatic carbocycles. The maximum absolute atomic E-state index is 7.44. The molecule has 4 nitrogen and oxygen atoms in total. The van der Waals surface area contributed by atoms with Crippen molar-refractivity contribution in [2.75, 3.05) is 7.11 Å². The molecule has 0 bridgehead atoms. The van der Waals surface area contributed by atoms with E-state index in [1.165, 1.54) is 44.7 Å². The predicted molar refractivity (Wildman–Crippen MR) is 81.0 cm³/mol. The van der Waals surface area contributed by atoms with Crippen molar-refractivity contribution in [1.29, 1.82) is 5.41 Å². The van der Waals surface area contributed by atoms with E-state index in [4.69, 9.17) is 21.7 Å². The van der Waals surface area contributed by atoms with Crippen molar-refractivity contribution < 1.29 is 4.74 Å². The zero-order valence-corrected chi connectivity index (χ0v) is 12.7. The second-order valence-corrected chi connectivity index (χ2v) is 5.74. The fourth-order valence-corrected chi connectivity index (χ4v) is 3.18. The van der Waals surface area contributed by atoms with Gasteiger partial charge in [0.2, 0.25) is 11.2 Å². The zero-order chi connectivity index (χ0) is 14.4. The van der Waals surface area contributed by atoms with Gasteiger partial charge in [-0.05, 0) is 30.4 Å². The van der Waals surface area contributed by atoms with E-state index in [0.717, 1.165) is 24.3 Å². The van der Waals surface area contributed by atoms with Crippen LogP contribution in [0.5, 0.6) is 5.88 Å². The molecule has 0 aromatic carbocycles. The molecule has 0 radical (unpaired) electrons. The van der Waals surface area contributed by atoms with Gasteiger partial charge in [0.1, 0.15) is 0 Å². The van der Waals surface area contributed by atoms with E-state index in [1.807, 2.05) is 0 Å². The van der Waals surface area contributed by atoms with Crippen LogP contribution >= 0.6 is 11.6 Å². The smallest absolute Gasteiger partial charge is 0.226 e. The molecule has 20 heavy (non-hydrogen) atoms. The molecular weight excluding hydrogens is 274 g/mol. The number of rotatable bonds is 7. The van der Waals surface area contributed by atoms with E-state index in [1.54, 1.807) is 7.11 Å². The van der Waals surface area contributed by atoms with Gasteiger partial charge in [-0.3, -0.25) is 0 Å². The molecule has 0 atom stereocenters. The zero-order valence-electron chi connectivity index (χ0n) is 12.0. The Morgan fingerprint density at radius 3 is 2.70 bits per heavy atom. The van der Waals surface area contributed by atoms with Gasteiger partial charge in [0.25, 0.3) is 0 Å². The molecule has 1 N–H and O–H groups in total. The summed E-state index contributed by atoms with van der Waals surface area (Å²) < 4.78 is 5.26. The second-order valence-electron chi connectivity index (χ2n) is 5.41.